The van der Waals surface area contributed by atoms with E-state index in [2.05, 4.69) is 0 Å². The Kier molecular flexibility index (Phi) is 3.34. The van der Waals surface area contributed by atoms with Crippen LogP contribution in [0.25, 0.3) is 0 Å². The van der Waals surface area contributed by atoms with Gasteiger partial charge in [-0.3, -0.25) is 0 Å². The van der Waals surface area contributed by atoms with Gasteiger partial charge in [0.2, 0.25) is 0 Å². The molecule has 1 aromatic carbocycles. The first kappa shape index (κ1) is 10.3. The third kappa shape index (κ3) is 2.06. The zero-order valence-corrected chi connectivity index (χ0v) is 9.27. The lowest BCUT2D eigenvalue weighted by Gasteiger charge is -2.26. The zero-order valence-electron chi connectivity index (χ0n) is 7.70. The SMILES string of the molecule is NCc1cccc(Cl)c1SC1COC1. The maximum atomic E-state index is 6.12. The molecule has 0 bridgehead atoms. The molecule has 2 N–H and O–H groups in total. The van der Waals surface area contributed by atoms with Crippen molar-refractivity contribution in [1.29, 1.82) is 0 Å². The molecule has 0 amide bonds. The first-order valence-electron chi connectivity index (χ1n) is 4.53. The molecule has 1 fully saturated rings. The number of benzene rings is 1. The van der Waals surface area contributed by atoms with E-state index in [9.17, 15) is 0 Å². The van der Waals surface area contributed by atoms with Gasteiger partial charge in [-0.15, -0.1) is 11.8 Å². The number of hydrogen-bond donors (Lipinski definition) is 1. The van der Waals surface area contributed by atoms with Crippen molar-refractivity contribution in [1.82, 2.24) is 0 Å². The molecule has 0 saturated carbocycles. The molecule has 0 aromatic heterocycles. The van der Waals surface area contributed by atoms with E-state index in [1.54, 1.807) is 11.8 Å². The molecule has 1 heterocycles. The lowest BCUT2D eigenvalue weighted by molar-refractivity contribution is 0.0455. The van der Waals surface area contributed by atoms with E-state index in [-0.39, 0.29) is 0 Å². The first-order valence-corrected chi connectivity index (χ1v) is 5.79. The largest absolute Gasteiger partial charge is 0.379 e. The van der Waals surface area contributed by atoms with Crippen molar-refractivity contribution in [2.45, 2.75) is 16.7 Å². The zero-order chi connectivity index (χ0) is 9.97. The molecule has 76 valence electrons. The molecule has 1 aliphatic heterocycles. The normalized spacial score (nSPS) is 16.7. The van der Waals surface area contributed by atoms with E-state index in [0.29, 0.717) is 11.8 Å². The first-order chi connectivity index (χ1) is 6.81. The van der Waals surface area contributed by atoms with Crippen molar-refractivity contribution >= 4 is 23.4 Å². The fraction of sp³-hybridized carbons (Fsp3) is 0.400. The smallest absolute Gasteiger partial charge is 0.0611 e. The highest BCUT2D eigenvalue weighted by Crippen LogP contribution is 2.35. The quantitative estimate of drug-likeness (QED) is 0.864. The predicted molar refractivity (Wildman–Crippen MR) is 59.8 cm³/mol. The van der Waals surface area contributed by atoms with Crippen LogP contribution in [0.2, 0.25) is 5.02 Å². The second-order valence-corrected chi connectivity index (χ2v) is 4.93. The molecule has 0 radical (unpaired) electrons. The van der Waals surface area contributed by atoms with Crippen molar-refractivity contribution in [3.8, 4) is 0 Å². The van der Waals surface area contributed by atoms with Gasteiger partial charge in [-0.25, -0.2) is 0 Å². The monoisotopic (exact) mass is 229 g/mol. The standard InChI is InChI=1S/C10H12ClNOS/c11-9-3-1-2-7(4-12)10(9)14-8-5-13-6-8/h1-3,8H,4-6,12H2. The summed E-state index contributed by atoms with van der Waals surface area (Å²) in [6.45, 7) is 2.18. The van der Waals surface area contributed by atoms with Crippen LogP contribution in [0.3, 0.4) is 0 Å². The number of rotatable bonds is 3. The van der Waals surface area contributed by atoms with Gasteiger partial charge in [-0.1, -0.05) is 23.7 Å². The van der Waals surface area contributed by atoms with Crippen LogP contribution in [0.4, 0.5) is 0 Å². The summed E-state index contributed by atoms with van der Waals surface area (Å²) in [5, 5.41) is 1.34. The molecule has 4 heteroatoms. The third-order valence-corrected chi connectivity index (χ3v) is 3.91. The van der Waals surface area contributed by atoms with E-state index >= 15 is 0 Å². The fourth-order valence-electron chi connectivity index (χ4n) is 1.30. The maximum Gasteiger partial charge on any atom is 0.0611 e. The average molecular weight is 230 g/mol. The maximum absolute atomic E-state index is 6.12. The highest BCUT2D eigenvalue weighted by molar-refractivity contribution is 8.00. The Morgan fingerprint density at radius 2 is 2.29 bits per heavy atom. The Bertz CT molecular complexity index is 328. The molecular weight excluding hydrogens is 218 g/mol. The molecule has 2 nitrogen and oxygen atoms in total. The minimum atomic E-state index is 0.538. The Balaban J connectivity index is 2.19. The Labute approximate surface area is 92.8 Å². The molecule has 1 aliphatic rings. The van der Waals surface area contributed by atoms with Gasteiger partial charge in [0, 0.05) is 11.4 Å². The Hall–Kier alpha value is -0.220. The third-order valence-electron chi connectivity index (χ3n) is 2.16. The van der Waals surface area contributed by atoms with E-state index in [1.165, 1.54) is 0 Å². The molecule has 14 heavy (non-hydrogen) atoms. The summed E-state index contributed by atoms with van der Waals surface area (Å²) in [6, 6.07) is 5.86. The van der Waals surface area contributed by atoms with E-state index in [0.717, 1.165) is 28.7 Å². The number of thioether (sulfide) groups is 1. The van der Waals surface area contributed by atoms with Gasteiger partial charge in [0.25, 0.3) is 0 Å². The van der Waals surface area contributed by atoms with Gasteiger partial charge in [0.15, 0.2) is 0 Å². The highest BCUT2D eigenvalue weighted by Gasteiger charge is 2.21. The molecule has 0 aliphatic carbocycles. The van der Waals surface area contributed by atoms with Crippen LogP contribution in [-0.4, -0.2) is 18.5 Å². The summed E-state index contributed by atoms with van der Waals surface area (Å²) in [7, 11) is 0. The van der Waals surface area contributed by atoms with Crippen molar-refractivity contribution in [2.24, 2.45) is 5.73 Å². The van der Waals surface area contributed by atoms with Crippen LogP contribution in [0, 0.1) is 0 Å². The van der Waals surface area contributed by atoms with Gasteiger partial charge in [-0.2, -0.15) is 0 Å². The number of ether oxygens (including phenoxy) is 1. The minimum Gasteiger partial charge on any atom is -0.379 e. The van der Waals surface area contributed by atoms with Crippen molar-refractivity contribution in [2.75, 3.05) is 13.2 Å². The molecule has 1 aromatic rings. The van der Waals surface area contributed by atoms with Gasteiger partial charge in [0.1, 0.15) is 0 Å². The van der Waals surface area contributed by atoms with Crippen LogP contribution in [0.1, 0.15) is 5.56 Å². The average Bonchev–Trinajstić information content (AvgIpc) is 2.12. The minimum absolute atomic E-state index is 0.538. The lowest BCUT2D eigenvalue weighted by Crippen LogP contribution is -2.30. The van der Waals surface area contributed by atoms with Crippen LogP contribution >= 0.6 is 23.4 Å². The number of hydrogen-bond acceptors (Lipinski definition) is 3. The summed E-state index contributed by atoms with van der Waals surface area (Å²) in [4.78, 5) is 1.12. The Morgan fingerprint density at radius 1 is 1.50 bits per heavy atom. The summed E-state index contributed by atoms with van der Waals surface area (Å²) >= 11 is 7.89. The van der Waals surface area contributed by atoms with Crippen molar-refractivity contribution < 1.29 is 4.74 Å². The second kappa shape index (κ2) is 4.53. The molecule has 2 rings (SSSR count). The number of nitrogens with two attached hydrogens (primary N) is 1. The highest BCUT2D eigenvalue weighted by atomic mass is 35.5. The van der Waals surface area contributed by atoms with Crippen LogP contribution in [0.5, 0.6) is 0 Å². The van der Waals surface area contributed by atoms with Crippen LogP contribution in [0.15, 0.2) is 23.1 Å². The van der Waals surface area contributed by atoms with E-state index in [4.69, 9.17) is 22.1 Å². The number of halogens is 1. The second-order valence-electron chi connectivity index (χ2n) is 3.21. The van der Waals surface area contributed by atoms with Crippen LogP contribution in [-0.2, 0) is 11.3 Å². The fourth-order valence-corrected chi connectivity index (χ4v) is 2.77. The van der Waals surface area contributed by atoms with Crippen LogP contribution < -0.4 is 5.73 Å². The lowest BCUT2D eigenvalue weighted by atomic mass is 10.2. The van der Waals surface area contributed by atoms with Gasteiger partial charge >= 0.3 is 0 Å². The topological polar surface area (TPSA) is 35.2 Å². The summed E-state index contributed by atoms with van der Waals surface area (Å²) in [5.41, 5.74) is 6.77. The summed E-state index contributed by atoms with van der Waals surface area (Å²) < 4.78 is 5.13. The van der Waals surface area contributed by atoms with E-state index < -0.39 is 0 Å². The van der Waals surface area contributed by atoms with Gasteiger partial charge in [0.05, 0.1) is 23.5 Å². The van der Waals surface area contributed by atoms with Gasteiger partial charge in [-0.05, 0) is 11.6 Å². The van der Waals surface area contributed by atoms with Crippen molar-refractivity contribution in [3.05, 3.63) is 28.8 Å². The Morgan fingerprint density at radius 3 is 2.86 bits per heavy atom. The molecule has 0 spiro atoms. The van der Waals surface area contributed by atoms with Gasteiger partial charge < -0.3 is 10.5 Å². The molecule has 1 saturated heterocycles. The van der Waals surface area contributed by atoms with Crippen molar-refractivity contribution in [3.63, 3.8) is 0 Å². The molecule has 0 atom stereocenters. The summed E-state index contributed by atoms with van der Waals surface area (Å²) in [5.74, 6) is 0. The summed E-state index contributed by atoms with van der Waals surface area (Å²) in [6.07, 6.45) is 0. The molecular formula is C10H12ClNOS. The van der Waals surface area contributed by atoms with E-state index in [1.807, 2.05) is 18.2 Å². The predicted octanol–water partition coefficient (Wildman–Crippen LogP) is 2.29. The molecule has 0 unspecified atom stereocenters.